The van der Waals surface area contributed by atoms with Crippen LogP contribution in [-0.2, 0) is 4.79 Å². The van der Waals surface area contributed by atoms with E-state index >= 15 is 0 Å². The van der Waals surface area contributed by atoms with Crippen LogP contribution in [0.4, 0.5) is 5.69 Å². The van der Waals surface area contributed by atoms with Crippen LogP contribution in [0.2, 0.25) is 0 Å². The summed E-state index contributed by atoms with van der Waals surface area (Å²) in [5.41, 5.74) is 3.06. The molecule has 1 aliphatic heterocycles. The van der Waals surface area contributed by atoms with E-state index in [9.17, 15) is 9.59 Å². The Morgan fingerprint density at radius 3 is 2.07 bits per heavy atom. The third kappa shape index (κ3) is 4.92. The van der Waals surface area contributed by atoms with Gasteiger partial charge in [-0.3, -0.25) is 9.59 Å². The van der Waals surface area contributed by atoms with E-state index in [-0.39, 0.29) is 16.9 Å². The number of thioether (sulfide) groups is 1. The van der Waals surface area contributed by atoms with Crippen molar-refractivity contribution in [2.75, 3.05) is 31.1 Å². The van der Waals surface area contributed by atoms with Gasteiger partial charge in [-0.05, 0) is 57.2 Å². The molecule has 1 atom stereocenters. The Bertz CT molecular complexity index is 794. The first kappa shape index (κ1) is 19.5. The van der Waals surface area contributed by atoms with Gasteiger partial charge in [-0.25, -0.2) is 0 Å². The van der Waals surface area contributed by atoms with E-state index in [4.69, 9.17) is 0 Å². The summed E-state index contributed by atoms with van der Waals surface area (Å²) in [6, 6.07) is 16.0. The molecule has 0 aliphatic carbocycles. The summed E-state index contributed by atoms with van der Waals surface area (Å²) in [5.74, 6) is 0.282. The number of anilines is 1. The molecular weight excluding hydrogens is 356 g/mol. The number of ketones is 1. The third-order valence-corrected chi connectivity index (χ3v) is 6.01. The Morgan fingerprint density at radius 2 is 1.52 bits per heavy atom. The molecule has 1 heterocycles. The number of hydrogen-bond donors (Lipinski definition) is 0. The number of benzene rings is 2. The SMILES string of the molecule is CC(=O)c1ccc(N2CCN(C(=O)[C@H](C)Sc3ccc(C)cc3)CC2)cc1. The molecule has 1 aliphatic rings. The number of carbonyl (C=O) groups is 2. The molecule has 2 aromatic carbocycles. The lowest BCUT2D eigenvalue weighted by Crippen LogP contribution is -2.50. The maximum absolute atomic E-state index is 12.8. The van der Waals surface area contributed by atoms with Crippen molar-refractivity contribution < 1.29 is 9.59 Å². The monoisotopic (exact) mass is 382 g/mol. The molecule has 0 spiro atoms. The molecule has 4 nitrogen and oxygen atoms in total. The van der Waals surface area contributed by atoms with Crippen LogP contribution in [0.15, 0.2) is 53.4 Å². The summed E-state index contributed by atoms with van der Waals surface area (Å²) in [6.45, 7) is 8.71. The molecule has 1 fully saturated rings. The summed E-state index contributed by atoms with van der Waals surface area (Å²) in [6.07, 6.45) is 0. The van der Waals surface area contributed by atoms with Crippen LogP contribution in [0, 0.1) is 6.92 Å². The number of Topliss-reactive ketones (excluding diaryl/α,β-unsaturated/α-hetero) is 1. The normalized spacial score (nSPS) is 15.5. The molecule has 27 heavy (non-hydrogen) atoms. The number of hydrogen-bond acceptors (Lipinski definition) is 4. The fraction of sp³-hybridized carbons (Fsp3) is 0.364. The molecule has 2 aromatic rings. The minimum absolute atomic E-state index is 0.0806. The van der Waals surface area contributed by atoms with Crippen LogP contribution in [0.5, 0.6) is 0 Å². The van der Waals surface area contributed by atoms with Gasteiger partial charge in [0.2, 0.25) is 5.91 Å². The zero-order valence-electron chi connectivity index (χ0n) is 16.1. The summed E-state index contributed by atoms with van der Waals surface area (Å²) in [4.78, 5) is 29.5. The first-order valence-electron chi connectivity index (χ1n) is 9.32. The van der Waals surface area contributed by atoms with E-state index in [1.807, 2.05) is 36.1 Å². The minimum atomic E-state index is -0.0888. The number of aryl methyl sites for hydroxylation is 1. The molecule has 0 radical (unpaired) electrons. The van der Waals surface area contributed by atoms with Crippen LogP contribution < -0.4 is 4.90 Å². The van der Waals surface area contributed by atoms with E-state index in [2.05, 4.69) is 36.1 Å². The van der Waals surface area contributed by atoms with Crippen LogP contribution >= 0.6 is 11.8 Å². The second-order valence-corrected chi connectivity index (χ2v) is 8.40. The molecular formula is C22H26N2O2S. The van der Waals surface area contributed by atoms with Gasteiger partial charge in [0.1, 0.15) is 0 Å². The lowest BCUT2D eigenvalue weighted by atomic mass is 10.1. The average Bonchev–Trinajstić information content (AvgIpc) is 2.69. The van der Waals surface area contributed by atoms with E-state index < -0.39 is 0 Å². The number of piperazine rings is 1. The van der Waals surface area contributed by atoms with Crippen LogP contribution in [-0.4, -0.2) is 48.0 Å². The van der Waals surface area contributed by atoms with Crippen molar-refractivity contribution in [2.45, 2.75) is 30.9 Å². The van der Waals surface area contributed by atoms with Crippen molar-refractivity contribution in [1.82, 2.24) is 4.90 Å². The Morgan fingerprint density at radius 1 is 0.926 bits per heavy atom. The molecule has 1 saturated heterocycles. The Labute approximate surface area is 165 Å². The number of rotatable bonds is 5. The van der Waals surface area contributed by atoms with E-state index in [1.165, 1.54) is 5.56 Å². The zero-order valence-corrected chi connectivity index (χ0v) is 17.0. The van der Waals surface area contributed by atoms with E-state index in [1.54, 1.807) is 18.7 Å². The Hall–Kier alpha value is -2.27. The van der Waals surface area contributed by atoms with Gasteiger partial charge < -0.3 is 9.80 Å². The highest BCUT2D eigenvalue weighted by Gasteiger charge is 2.25. The average molecular weight is 383 g/mol. The van der Waals surface area contributed by atoms with Crippen molar-refractivity contribution in [2.24, 2.45) is 0 Å². The smallest absolute Gasteiger partial charge is 0.235 e. The van der Waals surface area contributed by atoms with Crippen molar-refractivity contribution in [3.63, 3.8) is 0 Å². The van der Waals surface area contributed by atoms with Crippen molar-refractivity contribution in [3.8, 4) is 0 Å². The second kappa shape index (κ2) is 8.61. The van der Waals surface area contributed by atoms with Gasteiger partial charge in [0, 0.05) is 42.3 Å². The number of nitrogens with zero attached hydrogens (tertiary/aromatic N) is 2. The first-order chi connectivity index (χ1) is 12.9. The molecule has 0 unspecified atom stereocenters. The summed E-state index contributed by atoms with van der Waals surface area (Å²) < 4.78 is 0. The zero-order chi connectivity index (χ0) is 19.4. The fourth-order valence-electron chi connectivity index (χ4n) is 3.22. The van der Waals surface area contributed by atoms with Crippen molar-refractivity contribution >= 4 is 29.1 Å². The molecule has 1 amide bonds. The van der Waals surface area contributed by atoms with Crippen LogP contribution in [0.3, 0.4) is 0 Å². The lowest BCUT2D eigenvalue weighted by molar-refractivity contribution is -0.130. The molecule has 0 saturated carbocycles. The number of amides is 1. The Balaban J connectivity index is 1.54. The van der Waals surface area contributed by atoms with Gasteiger partial charge in [-0.15, -0.1) is 11.8 Å². The summed E-state index contributed by atoms with van der Waals surface area (Å²) >= 11 is 1.62. The van der Waals surface area contributed by atoms with Gasteiger partial charge in [0.25, 0.3) is 0 Å². The molecule has 3 rings (SSSR count). The van der Waals surface area contributed by atoms with Gasteiger partial charge in [-0.2, -0.15) is 0 Å². The summed E-state index contributed by atoms with van der Waals surface area (Å²) in [5, 5.41) is -0.0888. The first-order valence-corrected chi connectivity index (χ1v) is 10.2. The predicted octanol–water partition coefficient (Wildman–Crippen LogP) is 4.03. The predicted molar refractivity (Wildman–Crippen MR) is 112 cm³/mol. The maximum atomic E-state index is 12.8. The maximum Gasteiger partial charge on any atom is 0.235 e. The third-order valence-electron chi connectivity index (χ3n) is 4.91. The van der Waals surface area contributed by atoms with Crippen LogP contribution in [0.1, 0.15) is 29.8 Å². The van der Waals surface area contributed by atoms with Crippen molar-refractivity contribution in [1.29, 1.82) is 0 Å². The summed E-state index contributed by atoms with van der Waals surface area (Å²) in [7, 11) is 0. The highest BCUT2D eigenvalue weighted by molar-refractivity contribution is 8.00. The molecule has 0 aromatic heterocycles. The molecule has 142 valence electrons. The standard InChI is InChI=1S/C22H26N2O2S/c1-16-4-10-21(11-5-16)27-18(3)22(26)24-14-12-23(13-15-24)20-8-6-19(7-9-20)17(2)25/h4-11,18H,12-15H2,1-3H3/t18-/m0/s1. The minimum Gasteiger partial charge on any atom is -0.368 e. The topological polar surface area (TPSA) is 40.6 Å². The molecule has 0 N–H and O–H groups in total. The Kier molecular flexibility index (Phi) is 6.22. The highest BCUT2D eigenvalue weighted by Crippen LogP contribution is 2.25. The fourth-order valence-corrected chi connectivity index (χ4v) is 4.17. The highest BCUT2D eigenvalue weighted by atomic mass is 32.2. The lowest BCUT2D eigenvalue weighted by Gasteiger charge is -2.37. The van der Waals surface area contributed by atoms with Crippen LogP contribution in [0.25, 0.3) is 0 Å². The molecule has 5 heteroatoms. The quantitative estimate of drug-likeness (QED) is 0.578. The van der Waals surface area contributed by atoms with Gasteiger partial charge in [-0.1, -0.05) is 17.7 Å². The largest absolute Gasteiger partial charge is 0.368 e. The number of carbonyl (C=O) groups excluding carboxylic acids is 2. The second-order valence-electron chi connectivity index (χ2n) is 6.99. The van der Waals surface area contributed by atoms with E-state index in [0.717, 1.165) is 42.3 Å². The van der Waals surface area contributed by atoms with Gasteiger partial charge in [0.05, 0.1) is 5.25 Å². The van der Waals surface area contributed by atoms with Gasteiger partial charge >= 0.3 is 0 Å². The molecule has 0 bridgehead atoms. The van der Waals surface area contributed by atoms with E-state index in [0.29, 0.717) is 0 Å². The van der Waals surface area contributed by atoms with Crippen molar-refractivity contribution in [3.05, 3.63) is 59.7 Å². The van der Waals surface area contributed by atoms with Gasteiger partial charge in [0.15, 0.2) is 5.78 Å².